The maximum Gasteiger partial charge on any atom is 0.253 e. The fourth-order valence-electron chi connectivity index (χ4n) is 2.61. The van der Waals surface area contributed by atoms with Gasteiger partial charge in [0.15, 0.2) is 0 Å². The van der Waals surface area contributed by atoms with E-state index in [0.29, 0.717) is 11.1 Å². The summed E-state index contributed by atoms with van der Waals surface area (Å²) in [5, 5.41) is 10.5. The number of nitrogens with two attached hydrogens (primary N) is 2. The summed E-state index contributed by atoms with van der Waals surface area (Å²) in [6.07, 6.45) is 1.59. The van der Waals surface area contributed by atoms with Gasteiger partial charge in [-0.15, -0.1) is 0 Å². The van der Waals surface area contributed by atoms with Crippen LogP contribution in [0.4, 0.5) is 5.69 Å². The van der Waals surface area contributed by atoms with Crippen LogP contribution in [0.25, 0.3) is 22.0 Å². The van der Waals surface area contributed by atoms with Gasteiger partial charge in [-0.05, 0) is 42.3 Å². The second-order valence-electron chi connectivity index (χ2n) is 5.15. The third-order valence-electron chi connectivity index (χ3n) is 3.69. The summed E-state index contributed by atoms with van der Waals surface area (Å²) < 4.78 is 0. The molecule has 1 aromatic heterocycles. The molecule has 0 aliphatic carbocycles. The summed E-state index contributed by atoms with van der Waals surface area (Å²) in [5.41, 5.74) is 15.0. The molecule has 1 amide bonds. The lowest BCUT2D eigenvalue weighted by Crippen LogP contribution is -2.15. The number of hydrogen-bond donors (Lipinski definition) is 3. The Labute approximate surface area is 127 Å². The highest BCUT2D eigenvalue weighted by molar-refractivity contribution is 6.12. The van der Waals surface area contributed by atoms with Crippen LogP contribution in [0.15, 0.2) is 42.6 Å². The van der Waals surface area contributed by atoms with Gasteiger partial charge in [0.05, 0.1) is 16.8 Å². The van der Waals surface area contributed by atoms with Crippen LogP contribution < -0.4 is 11.5 Å². The van der Waals surface area contributed by atoms with E-state index in [1.807, 2.05) is 19.1 Å². The molecule has 1 heterocycles. The first-order valence-electron chi connectivity index (χ1n) is 6.76. The van der Waals surface area contributed by atoms with Crippen molar-refractivity contribution in [2.45, 2.75) is 6.92 Å². The fourth-order valence-corrected chi connectivity index (χ4v) is 2.61. The Balaban J connectivity index is 2.43. The Morgan fingerprint density at radius 2 is 1.95 bits per heavy atom. The smallest absolute Gasteiger partial charge is 0.253 e. The van der Waals surface area contributed by atoms with Crippen LogP contribution in [0.1, 0.15) is 15.9 Å². The Morgan fingerprint density at radius 3 is 2.68 bits per heavy atom. The largest absolute Gasteiger partial charge is 0.508 e. The molecule has 0 bridgehead atoms. The number of aromatic hydroxyl groups is 1. The van der Waals surface area contributed by atoms with Gasteiger partial charge in [0.1, 0.15) is 5.75 Å². The van der Waals surface area contributed by atoms with Crippen molar-refractivity contribution >= 4 is 22.5 Å². The molecule has 0 radical (unpaired) electrons. The molecule has 110 valence electrons. The molecule has 5 N–H and O–H groups in total. The van der Waals surface area contributed by atoms with Crippen molar-refractivity contribution in [2.24, 2.45) is 5.73 Å². The first-order valence-corrected chi connectivity index (χ1v) is 6.76. The van der Waals surface area contributed by atoms with Gasteiger partial charge in [0, 0.05) is 17.1 Å². The molecule has 5 heteroatoms. The van der Waals surface area contributed by atoms with E-state index in [9.17, 15) is 9.90 Å². The number of pyridine rings is 1. The van der Waals surface area contributed by atoms with Crippen LogP contribution in [0.3, 0.4) is 0 Å². The molecule has 0 saturated carbocycles. The lowest BCUT2D eigenvalue weighted by molar-refractivity contribution is 0.100. The number of nitrogens with zero attached hydrogens (tertiary/aromatic N) is 1. The van der Waals surface area contributed by atoms with Crippen molar-refractivity contribution in [1.29, 1.82) is 0 Å². The molecular formula is C17H15N3O2. The van der Waals surface area contributed by atoms with Gasteiger partial charge in [-0.3, -0.25) is 9.78 Å². The van der Waals surface area contributed by atoms with Crippen LogP contribution >= 0.6 is 0 Å². The Kier molecular flexibility index (Phi) is 3.18. The molecule has 5 nitrogen and oxygen atoms in total. The van der Waals surface area contributed by atoms with Crippen LogP contribution in [0.5, 0.6) is 5.75 Å². The molecule has 0 aliphatic heterocycles. The number of phenolic OH excluding ortho intramolecular Hbond substituents is 1. The van der Waals surface area contributed by atoms with Crippen molar-refractivity contribution < 1.29 is 9.90 Å². The summed E-state index contributed by atoms with van der Waals surface area (Å²) in [6.45, 7) is 1.91. The normalized spacial score (nSPS) is 10.8. The van der Waals surface area contributed by atoms with Crippen molar-refractivity contribution in [3.05, 3.63) is 53.7 Å². The van der Waals surface area contributed by atoms with E-state index in [-0.39, 0.29) is 17.0 Å². The number of carbonyl (C=O) groups excluding carboxylic acids is 1. The summed E-state index contributed by atoms with van der Waals surface area (Å²) in [5.74, 6) is -0.493. The summed E-state index contributed by atoms with van der Waals surface area (Å²) in [7, 11) is 0. The monoisotopic (exact) mass is 293 g/mol. The van der Waals surface area contributed by atoms with Gasteiger partial charge in [0.2, 0.25) is 0 Å². The third-order valence-corrected chi connectivity index (χ3v) is 3.69. The summed E-state index contributed by atoms with van der Waals surface area (Å²) >= 11 is 0. The SMILES string of the molecule is Cc1ccc(O)cc1-c1cc2cccnc2c(C(N)=O)c1N. The number of phenols is 1. The number of amides is 1. The number of benzene rings is 2. The molecule has 0 fully saturated rings. The second kappa shape index (κ2) is 5.04. The van der Waals surface area contributed by atoms with E-state index in [4.69, 9.17) is 11.5 Å². The number of primary amides is 1. The van der Waals surface area contributed by atoms with Gasteiger partial charge < -0.3 is 16.6 Å². The molecule has 0 atom stereocenters. The zero-order chi connectivity index (χ0) is 15.9. The van der Waals surface area contributed by atoms with E-state index in [2.05, 4.69) is 4.98 Å². The number of anilines is 1. The van der Waals surface area contributed by atoms with E-state index in [0.717, 1.165) is 16.5 Å². The van der Waals surface area contributed by atoms with E-state index in [1.165, 1.54) is 0 Å². The van der Waals surface area contributed by atoms with Crippen LogP contribution in [-0.2, 0) is 0 Å². The van der Waals surface area contributed by atoms with E-state index >= 15 is 0 Å². The highest BCUT2D eigenvalue weighted by atomic mass is 16.3. The molecule has 0 unspecified atom stereocenters. The number of carbonyl (C=O) groups is 1. The topological polar surface area (TPSA) is 102 Å². The zero-order valence-corrected chi connectivity index (χ0v) is 12.0. The standard InChI is InChI=1S/C17H15N3O2/c1-9-4-5-11(21)8-12(9)13-7-10-3-2-6-20-16(10)14(15(13)18)17(19)22/h2-8,21H,18H2,1H3,(H2,19,22). The zero-order valence-electron chi connectivity index (χ0n) is 12.0. The predicted octanol–water partition coefficient (Wildman–Crippen LogP) is 2.60. The van der Waals surface area contributed by atoms with Crippen molar-refractivity contribution in [1.82, 2.24) is 4.98 Å². The van der Waals surface area contributed by atoms with Crippen LogP contribution in [-0.4, -0.2) is 16.0 Å². The molecule has 3 rings (SSSR count). The first kappa shape index (κ1) is 13.9. The molecular weight excluding hydrogens is 278 g/mol. The molecule has 3 aromatic rings. The maximum atomic E-state index is 11.8. The van der Waals surface area contributed by atoms with Gasteiger partial charge in [-0.2, -0.15) is 0 Å². The minimum absolute atomic E-state index is 0.131. The molecule has 22 heavy (non-hydrogen) atoms. The van der Waals surface area contributed by atoms with Crippen LogP contribution in [0.2, 0.25) is 0 Å². The Bertz CT molecular complexity index is 904. The minimum Gasteiger partial charge on any atom is -0.508 e. The lowest BCUT2D eigenvalue weighted by atomic mass is 9.93. The lowest BCUT2D eigenvalue weighted by Gasteiger charge is -2.14. The van der Waals surface area contributed by atoms with E-state index < -0.39 is 5.91 Å². The average Bonchev–Trinajstić information content (AvgIpc) is 2.49. The first-order chi connectivity index (χ1) is 10.5. The highest BCUT2D eigenvalue weighted by Crippen LogP contribution is 2.36. The number of nitrogen functional groups attached to an aromatic ring is 1. The van der Waals surface area contributed by atoms with E-state index in [1.54, 1.807) is 30.5 Å². The number of hydrogen-bond acceptors (Lipinski definition) is 4. The quantitative estimate of drug-likeness (QED) is 0.632. The maximum absolute atomic E-state index is 11.8. The number of fused-ring (bicyclic) bond motifs is 1. The minimum atomic E-state index is -0.624. The number of aryl methyl sites for hydroxylation is 1. The van der Waals surface area contributed by atoms with Crippen LogP contribution in [0, 0.1) is 6.92 Å². The van der Waals surface area contributed by atoms with Gasteiger partial charge in [-0.1, -0.05) is 12.1 Å². The number of aromatic nitrogens is 1. The molecule has 2 aromatic carbocycles. The van der Waals surface area contributed by atoms with Gasteiger partial charge in [-0.25, -0.2) is 0 Å². The van der Waals surface area contributed by atoms with Crippen molar-refractivity contribution in [2.75, 3.05) is 5.73 Å². The Hall–Kier alpha value is -3.08. The average molecular weight is 293 g/mol. The van der Waals surface area contributed by atoms with Gasteiger partial charge >= 0.3 is 0 Å². The van der Waals surface area contributed by atoms with Crippen molar-refractivity contribution in [3.63, 3.8) is 0 Å². The van der Waals surface area contributed by atoms with Gasteiger partial charge in [0.25, 0.3) is 5.91 Å². The third kappa shape index (κ3) is 2.13. The molecule has 0 spiro atoms. The number of rotatable bonds is 2. The molecule has 0 aliphatic rings. The molecule has 0 saturated heterocycles. The highest BCUT2D eigenvalue weighted by Gasteiger charge is 2.18. The Morgan fingerprint density at radius 1 is 1.18 bits per heavy atom. The summed E-state index contributed by atoms with van der Waals surface area (Å²) in [6, 6.07) is 10.5. The predicted molar refractivity (Wildman–Crippen MR) is 86.5 cm³/mol. The second-order valence-corrected chi connectivity index (χ2v) is 5.15. The summed E-state index contributed by atoms with van der Waals surface area (Å²) in [4.78, 5) is 16.0. The fraction of sp³-hybridized carbons (Fsp3) is 0.0588. The van der Waals surface area contributed by atoms with Crippen molar-refractivity contribution in [3.8, 4) is 16.9 Å².